The third-order valence-corrected chi connectivity index (χ3v) is 5.66. The third kappa shape index (κ3) is 3.24. The Kier molecular flexibility index (Phi) is 4.54. The maximum atomic E-state index is 12.4. The van der Waals surface area contributed by atoms with Gasteiger partial charge in [-0.2, -0.15) is 0 Å². The highest BCUT2D eigenvalue weighted by molar-refractivity contribution is 7.89. The molecular weight excluding hydrogens is 296 g/mol. The molecule has 5 nitrogen and oxygen atoms in total. The van der Waals surface area contributed by atoms with Crippen molar-refractivity contribution in [1.29, 1.82) is 0 Å². The first-order valence-corrected chi connectivity index (χ1v) is 8.37. The Labute approximate surface area is 122 Å². The van der Waals surface area contributed by atoms with Crippen molar-refractivity contribution in [3.05, 3.63) is 45.9 Å². The number of aliphatic hydroxyl groups excluding tert-OH is 1. The summed E-state index contributed by atoms with van der Waals surface area (Å²) >= 11 is 1.28. The van der Waals surface area contributed by atoms with Crippen LogP contribution in [0.25, 0.3) is 0 Å². The number of nitrogens with one attached hydrogen (secondary N) is 1. The van der Waals surface area contributed by atoms with Gasteiger partial charge >= 0.3 is 0 Å². The zero-order valence-electron chi connectivity index (χ0n) is 11.2. The van der Waals surface area contributed by atoms with Gasteiger partial charge in [0, 0.05) is 16.0 Å². The number of sulfonamides is 1. The van der Waals surface area contributed by atoms with Gasteiger partial charge in [-0.25, -0.2) is 13.1 Å². The van der Waals surface area contributed by atoms with Crippen molar-refractivity contribution in [2.45, 2.75) is 31.4 Å². The molecule has 2 N–H and O–H groups in total. The van der Waals surface area contributed by atoms with E-state index in [1.807, 2.05) is 6.07 Å². The minimum Gasteiger partial charge on any atom is -0.391 e. The molecule has 0 aliphatic heterocycles. The van der Waals surface area contributed by atoms with Crippen LogP contribution in [0.2, 0.25) is 0 Å². The number of hydrogen-bond donors (Lipinski definition) is 2. The van der Waals surface area contributed by atoms with Gasteiger partial charge in [-0.1, -0.05) is 6.07 Å². The lowest BCUT2D eigenvalue weighted by molar-refractivity contribution is 0.285. The lowest BCUT2D eigenvalue weighted by atomic mass is 10.2. The first-order valence-electron chi connectivity index (χ1n) is 6.07. The molecular formula is C13H16N2O3S2. The smallest absolute Gasteiger partial charge is 0.242 e. The first kappa shape index (κ1) is 15.1. The summed E-state index contributed by atoms with van der Waals surface area (Å²) < 4.78 is 27.3. The molecule has 0 saturated heterocycles. The normalized spacial score (nSPS) is 13.3. The van der Waals surface area contributed by atoms with Crippen LogP contribution >= 0.6 is 11.3 Å². The summed E-state index contributed by atoms with van der Waals surface area (Å²) in [6.45, 7) is 3.31. The standard InChI is InChI=1S/C13H16N2O3S2/c1-9(12-5-3-4-6-14-12)15-20(17,18)13-7-11(8-16)19-10(13)2/h3-7,9,15-16H,8H2,1-2H3. The second-order valence-electron chi connectivity index (χ2n) is 4.39. The van der Waals surface area contributed by atoms with Gasteiger partial charge in [0.05, 0.1) is 23.2 Å². The number of nitrogens with zero attached hydrogens (tertiary/aromatic N) is 1. The van der Waals surface area contributed by atoms with Crippen LogP contribution in [0.5, 0.6) is 0 Å². The summed E-state index contributed by atoms with van der Waals surface area (Å²) in [5.74, 6) is 0. The molecule has 0 amide bonds. The van der Waals surface area contributed by atoms with Crippen LogP contribution < -0.4 is 4.72 Å². The highest BCUT2D eigenvalue weighted by atomic mass is 32.2. The molecule has 0 aliphatic rings. The van der Waals surface area contributed by atoms with E-state index in [1.165, 1.54) is 17.4 Å². The average molecular weight is 312 g/mol. The molecule has 1 unspecified atom stereocenters. The fourth-order valence-electron chi connectivity index (χ4n) is 1.86. The highest BCUT2D eigenvalue weighted by Crippen LogP contribution is 2.26. The second kappa shape index (κ2) is 6.01. The van der Waals surface area contributed by atoms with Crippen molar-refractivity contribution < 1.29 is 13.5 Å². The summed E-state index contributed by atoms with van der Waals surface area (Å²) in [5.41, 5.74) is 0.659. The van der Waals surface area contributed by atoms with E-state index in [0.29, 0.717) is 15.4 Å². The Morgan fingerprint density at radius 1 is 1.45 bits per heavy atom. The number of rotatable bonds is 5. The molecule has 2 aromatic rings. The van der Waals surface area contributed by atoms with E-state index >= 15 is 0 Å². The molecule has 0 radical (unpaired) electrons. The van der Waals surface area contributed by atoms with Gasteiger partial charge in [0.2, 0.25) is 10.0 Å². The molecule has 0 aliphatic carbocycles. The Morgan fingerprint density at radius 3 is 2.75 bits per heavy atom. The van der Waals surface area contributed by atoms with Gasteiger partial charge in [0.25, 0.3) is 0 Å². The molecule has 7 heteroatoms. The molecule has 108 valence electrons. The topological polar surface area (TPSA) is 79.3 Å². The SMILES string of the molecule is Cc1sc(CO)cc1S(=O)(=O)NC(C)c1ccccn1. The Hall–Kier alpha value is -1.28. The van der Waals surface area contributed by atoms with Gasteiger partial charge in [-0.3, -0.25) is 4.98 Å². The average Bonchev–Trinajstić information content (AvgIpc) is 2.81. The maximum Gasteiger partial charge on any atom is 0.242 e. The summed E-state index contributed by atoms with van der Waals surface area (Å²) in [5, 5.41) is 9.09. The van der Waals surface area contributed by atoms with Gasteiger partial charge in [-0.05, 0) is 32.0 Å². The van der Waals surface area contributed by atoms with Crippen LogP contribution in [0.1, 0.15) is 28.4 Å². The van der Waals surface area contributed by atoms with Crippen molar-refractivity contribution in [3.63, 3.8) is 0 Å². The second-order valence-corrected chi connectivity index (χ2v) is 7.41. The lowest BCUT2D eigenvalue weighted by Crippen LogP contribution is -2.27. The Balaban J connectivity index is 2.25. The predicted molar refractivity (Wildman–Crippen MR) is 78.0 cm³/mol. The number of aliphatic hydroxyl groups is 1. The zero-order valence-corrected chi connectivity index (χ0v) is 12.8. The lowest BCUT2D eigenvalue weighted by Gasteiger charge is -2.13. The molecule has 0 fully saturated rings. The van der Waals surface area contributed by atoms with E-state index in [0.717, 1.165) is 0 Å². The summed E-state index contributed by atoms with van der Waals surface area (Å²) in [6.07, 6.45) is 1.62. The molecule has 2 rings (SSSR count). The molecule has 0 spiro atoms. The van der Waals surface area contributed by atoms with E-state index in [2.05, 4.69) is 9.71 Å². The van der Waals surface area contributed by atoms with Crippen molar-refractivity contribution in [3.8, 4) is 0 Å². The first-order chi connectivity index (χ1) is 9.44. The van der Waals surface area contributed by atoms with Crippen LogP contribution in [0, 0.1) is 6.92 Å². The fourth-order valence-corrected chi connectivity index (χ4v) is 4.57. The fraction of sp³-hybridized carbons (Fsp3) is 0.308. The van der Waals surface area contributed by atoms with Crippen molar-refractivity contribution in [1.82, 2.24) is 9.71 Å². The van der Waals surface area contributed by atoms with Gasteiger partial charge in [0.15, 0.2) is 0 Å². The molecule has 0 bridgehead atoms. The van der Waals surface area contributed by atoms with Gasteiger partial charge in [0.1, 0.15) is 0 Å². The van der Waals surface area contributed by atoms with Crippen molar-refractivity contribution in [2.75, 3.05) is 0 Å². The number of pyridine rings is 1. The van der Waals surface area contributed by atoms with Gasteiger partial charge in [-0.15, -0.1) is 11.3 Å². The van der Waals surface area contributed by atoms with E-state index < -0.39 is 16.1 Å². The predicted octanol–water partition coefficient (Wildman–Crippen LogP) is 1.98. The minimum atomic E-state index is -3.62. The highest BCUT2D eigenvalue weighted by Gasteiger charge is 2.22. The molecule has 20 heavy (non-hydrogen) atoms. The quantitative estimate of drug-likeness (QED) is 0.885. The number of hydrogen-bond acceptors (Lipinski definition) is 5. The molecule has 2 aromatic heterocycles. The number of thiophene rings is 1. The zero-order chi connectivity index (χ0) is 14.8. The Morgan fingerprint density at radius 2 is 2.20 bits per heavy atom. The van der Waals surface area contributed by atoms with Crippen LogP contribution in [-0.2, 0) is 16.6 Å². The van der Waals surface area contributed by atoms with Crippen molar-refractivity contribution in [2.24, 2.45) is 0 Å². The summed E-state index contributed by atoms with van der Waals surface area (Å²) in [7, 11) is -3.62. The van der Waals surface area contributed by atoms with Crippen LogP contribution in [0.15, 0.2) is 35.4 Å². The van der Waals surface area contributed by atoms with E-state index in [9.17, 15) is 8.42 Å². The van der Waals surface area contributed by atoms with Gasteiger partial charge < -0.3 is 5.11 Å². The Bertz CT molecular complexity index is 681. The van der Waals surface area contributed by atoms with E-state index in [1.54, 1.807) is 32.2 Å². The third-order valence-electron chi connectivity index (χ3n) is 2.83. The van der Waals surface area contributed by atoms with Crippen LogP contribution in [0.4, 0.5) is 0 Å². The number of aryl methyl sites for hydroxylation is 1. The monoisotopic (exact) mass is 312 g/mol. The van der Waals surface area contributed by atoms with E-state index in [-0.39, 0.29) is 11.5 Å². The molecule has 2 heterocycles. The molecule has 0 saturated carbocycles. The largest absolute Gasteiger partial charge is 0.391 e. The van der Waals surface area contributed by atoms with Crippen LogP contribution in [-0.4, -0.2) is 18.5 Å². The van der Waals surface area contributed by atoms with E-state index in [4.69, 9.17) is 5.11 Å². The van der Waals surface area contributed by atoms with Crippen LogP contribution in [0.3, 0.4) is 0 Å². The molecule has 0 aromatic carbocycles. The molecule has 1 atom stereocenters. The summed E-state index contributed by atoms with van der Waals surface area (Å²) in [6, 6.07) is 6.45. The van der Waals surface area contributed by atoms with Crippen molar-refractivity contribution >= 4 is 21.4 Å². The minimum absolute atomic E-state index is 0.156. The maximum absolute atomic E-state index is 12.4. The number of aromatic nitrogens is 1. The summed E-state index contributed by atoms with van der Waals surface area (Å²) in [4.78, 5) is 5.65.